The SMILES string of the molecule is Cc1cc(-c2cn3c(-c4ccccc4)c(CC(=O)O)sc3n2)ccc1Cl. The Kier molecular flexibility index (Phi) is 4.26. The van der Waals surface area contributed by atoms with Gasteiger partial charge in [-0.05, 0) is 30.2 Å². The van der Waals surface area contributed by atoms with E-state index in [2.05, 4.69) is 0 Å². The molecule has 4 rings (SSSR count). The predicted molar refractivity (Wildman–Crippen MR) is 105 cm³/mol. The lowest BCUT2D eigenvalue weighted by molar-refractivity contribution is -0.136. The highest BCUT2D eigenvalue weighted by atomic mass is 35.5. The number of imidazole rings is 1. The van der Waals surface area contributed by atoms with Crippen molar-refractivity contribution in [3.8, 4) is 22.5 Å². The maximum absolute atomic E-state index is 11.3. The van der Waals surface area contributed by atoms with Gasteiger partial charge in [-0.3, -0.25) is 9.20 Å². The third kappa shape index (κ3) is 3.00. The molecule has 0 unspecified atom stereocenters. The van der Waals surface area contributed by atoms with Crippen LogP contribution in [0.3, 0.4) is 0 Å². The molecule has 0 bridgehead atoms. The minimum absolute atomic E-state index is 0.0202. The van der Waals surface area contributed by atoms with Crippen LogP contribution in [-0.2, 0) is 11.2 Å². The molecular formula is C20H15ClN2O2S. The molecule has 6 heteroatoms. The molecule has 1 N–H and O–H groups in total. The van der Waals surface area contributed by atoms with Crippen molar-refractivity contribution < 1.29 is 9.90 Å². The largest absolute Gasteiger partial charge is 0.481 e. The zero-order chi connectivity index (χ0) is 18.3. The van der Waals surface area contributed by atoms with Gasteiger partial charge in [0.1, 0.15) is 0 Å². The molecule has 26 heavy (non-hydrogen) atoms. The molecular weight excluding hydrogens is 368 g/mol. The van der Waals surface area contributed by atoms with E-state index in [9.17, 15) is 9.90 Å². The average molecular weight is 383 g/mol. The molecule has 0 aliphatic rings. The number of thiazole rings is 1. The maximum Gasteiger partial charge on any atom is 0.308 e. The van der Waals surface area contributed by atoms with E-state index >= 15 is 0 Å². The molecule has 2 heterocycles. The van der Waals surface area contributed by atoms with Crippen LogP contribution in [0, 0.1) is 6.92 Å². The smallest absolute Gasteiger partial charge is 0.308 e. The van der Waals surface area contributed by atoms with E-state index in [1.807, 2.05) is 66.1 Å². The molecule has 0 saturated carbocycles. The van der Waals surface area contributed by atoms with Gasteiger partial charge in [-0.15, -0.1) is 11.3 Å². The third-order valence-electron chi connectivity index (χ3n) is 4.21. The zero-order valence-electron chi connectivity index (χ0n) is 13.9. The van der Waals surface area contributed by atoms with Crippen molar-refractivity contribution in [2.24, 2.45) is 0 Å². The molecule has 0 atom stereocenters. The molecule has 0 fully saturated rings. The lowest BCUT2D eigenvalue weighted by Crippen LogP contribution is -2.00. The number of aliphatic carboxylic acids is 1. The van der Waals surface area contributed by atoms with E-state index in [1.165, 1.54) is 11.3 Å². The third-order valence-corrected chi connectivity index (χ3v) is 5.68. The van der Waals surface area contributed by atoms with Crippen LogP contribution in [-0.4, -0.2) is 20.5 Å². The first-order chi connectivity index (χ1) is 12.5. The number of hydrogen-bond donors (Lipinski definition) is 1. The number of carbonyl (C=O) groups is 1. The molecule has 0 radical (unpaired) electrons. The fraction of sp³-hybridized carbons (Fsp3) is 0.100. The van der Waals surface area contributed by atoms with Crippen LogP contribution in [0.1, 0.15) is 10.4 Å². The molecule has 0 aliphatic heterocycles. The summed E-state index contributed by atoms with van der Waals surface area (Å²) in [6.07, 6.45) is 1.94. The van der Waals surface area contributed by atoms with Crippen LogP contribution in [0.5, 0.6) is 0 Å². The van der Waals surface area contributed by atoms with Gasteiger partial charge in [-0.25, -0.2) is 4.98 Å². The Hall–Kier alpha value is -2.63. The number of fused-ring (bicyclic) bond motifs is 1. The Bertz CT molecular complexity index is 1120. The highest BCUT2D eigenvalue weighted by molar-refractivity contribution is 7.17. The van der Waals surface area contributed by atoms with Crippen LogP contribution < -0.4 is 0 Å². The molecule has 2 aromatic carbocycles. The number of benzene rings is 2. The van der Waals surface area contributed by atoms with Crippen molar-refractivity contribution in [3.63, 3.8) is 0 Å². The molecule has 0 amide bonds. The molecule has 0 spiro atoms. The zero-order valence-corrected chi connectivity index (χ0v) is 15.5. The second-order valence-electron chi connectivity index (χ2n) is 6.05. The number of aromatic nitrogens is 2. The quantitative estimate of drug-likeness (QED) is 0.519. The second-order valence-corrected chi connectivity index (χ2v) is 7.52. The number of halogens is 1. The van der Waals surface area contributed by atoms with Gasteiger partial charge in [0.15, 0.2) is 4.96 Å². The highest BCUT2D eigenvalue weighted by Crippen LogP contribution is 2.34. The normalized spacial score (nSPS) is 11.2. The fourth-order valence-corrected chi connectivity index (χ4v) is 4.22. The summed E-state index contributed by atoms with van der Waals surface area (Å²) in [6, 6.07) is 15.6. The van der Waals surface area contributed by atoms with E-state index in [-0.39, 0.29) is 6.42 Å². The van der Waals surface area contributed by atoms with Crippen molar-refractivity contribution in [1.82, 2.24) is 9.38 Å². The van der Waals surface area contributed by atoms with Crippen molar-refractivity contribution in [2.45, 2.75) is 13.3 Å². The highest BCUT2D eigenvalue weighted by Gasteiger charge is 2.19. The van der Waals surface area contributed by atoms with Crippen LogP contribution in [0.4, 0.5) is 0 Å². The fourth-order valence-electron chi connectivity index (χ4n) is 2.98. The summed E-state index contributed by atoms with van der Waals surface area (Å²) in [4.78, 5) is 17.6. The van der Waals surface area contributed by atoms with E-state index in [4.69, 9.17) is 16.6 Å². The van der Waals surface area contributed by atoms with Gasteiger partial charge in [0.25, 0.3) is 0 Å². The minimum atomic E-state index is -0.847. The summed E-state index contributed by atoms with van der Waals surface area (Å²) in [6.45, 7) is 1.96. The lowest BCUT2D eigenvalue weighted by atomic mass is 10.1. The summed E-state index contributed by atoms with van der Waals surface area (Å²) in [5.41, 5.74) is 4.69. The van der Waals surface area contributed by atoms with Gasteiger partial charge >= 0.3 is 5.97 Å². The Morgan fingerprint density at radius 1 is 1.19 bits per heavy atom. The van der Waals surface area contributed by atoms with Gasteiger partial charge in [-0.1, -0.05) is 48.0 Å². The first kappa shape index (κ1) is 16.8. The summed E-state index contributed by atoms with van der Waals surface area (Å²) in [7, 11) is 0. The number of aryl methyl sites for hydroxylation is 1. The van der Waals surface area contributed by atoms with E-state index in [1.54, 1.807) is 0 Å². The molecule has 0 saturated heterocycles. The Morgan fingerprint density at radius 2 is 1.96 bits per heavy atom. The maximum atomic E-state index is 11.3. The van der Waals surface area contributed by atoms with E-state index < -0.39 is 5.97 Å². The Morgan fingerprint density at radius 3 is 2.65 bits per heavy atom. The summed E-state index contributed by atoms with van der Waals surface area (Å²) < 4.78 is 1.98. The van der Waals surface area contributed by atoms with Gasteiger partial charge in [-0.2, -0.15) is 0 Å². The predicted octanol–water partition coefficient (Wildman–Crippen LogP) is 5.32. The lowest BCUT2D eigenvalue weighted by Gasteiger charge is -2.04. The summed E-state index contributed by atoms with van der Waals surface area (Å²) in [5, 5.41) is 9.98. The van der Waals surface area contributed by atoms with Crippen molar-refractivity contribution in [1.29, 1.82) is 0 Å². The topological polar surface area (TPSA) is 54.6 Å². The van der Waals surface area contributed by atoms with E-state index in [0.717, 1.165) is 42.9 Å². The molecule has 4 nitrogen and oxygen atoms in total. The van der Waals surface area contributed by atoms with Gasteiger partial charge in [0, 0.05) is 21.7 Å². The molecule has 130 valence electrons. The molecule has 4 aromatic rings. The van der Waals surface area contributed by atoms with E-state index in [0.29, 0.717) is 0 Å². The van der Waals surface area contributed by atoms with Crippen LogP contribution in [0.15, 0.2) is 54.7 Å². The molecule has 2 aromatic heterocycles. The number of nitrogens with zero attached hydrogens (tertiary/aromatic N) is 2. The Labute approximate surface area is 159 Å². The summed E-state index contributed by atoms with van der Waals surface area (Å²) in [5.74, 6) is -0.847. The summed E-state index contributed by atoms with van der Waals surface area (Å²) >= 11 is 7.54. The van der Waals surface area contributed by atoms with Crippen molar-refractivity contribution >= 4 is 33.9 Å². The van der Waals surface area contributed by atoms with Crippen molar-refractivity contribution in [3.05, 3.63) is 70.2 Å². The van der Waals surface area contributed by atoms with Crippen LogP contribution in [0.25, 0.3) is 27.5 Å². The number of carboxylic acid groups (broad SMARTS) is 1. The van der Waals surface area contributed by atoms with Crippen LogP contribution >= 0.6 is 22.9 Å². The first-order valence-electron chi connectivity index (χ1n) is 8.07. The number of carboxylic acids is 1. The molecule has 0 aliphatic carbocycles. The standard InChI is InChI=1S/C20H15ClN2O2S/c1-12-9-14(7-8-15(12)21)16-11-23-19(13-5-3-2-4-6-13)17(10-18(24)25)26-20(23)22-16/h2-9,11H,10H2,1H3,(H,24,25). The number of hydrogen-bond acceptors (Lipinski definition) is 3. The average Bonchev–Trinajstić information content (AvgIpc) is 3.15. The minimum Gasteiger partial charge on any atom is -0.481 e. The van der Waals surface area contributed by atoms with Gasteiger partial charge < -0.3 is 5.11 Å². The first-order valence-corrected chi connectivity index (χ1v) is 9.27. The van der Waals surface area contributed by atoms with Crippen molar-refractivity contribution in [2.75, 3.05) is 0 Å². The monoisotopic (exact) mass is 382 g/mol. The Balaban J connectivity index is 1.90. The van der Waals surface area contributed by atoms with Crippen LogP contribution in [0.2, 0.25) is 5.02 Å². The second kappa shape index (κ2) is 6.59. The van der Waals surface area contributed by atoms with Gasteiger partial charge in [0.05, 0.1) is 17.8 Å². The number of rotatable bonds is 4. The van der Waals surface area contributed by atoms with Gasteiger partial charge in [0.2, 0.25) is 0 Å².